The van der Waals surface area contributed by atoms with E-state index in [4.69, 9.17) is 27.0 Å². The summed E-state index contributed by atoms with van der Waals surface area (Å²) in [7, 11) is 0. The number of fused-ring (bicyclic) bond motifs is 1. The summed E-state index contributed by atoms with van der Waals surface area (Å²) in [6.07, 6.45) is 3.28. The van der Waals surface area contributed by atoms with E-state index in [-0.39, 0.29) is 28.2 Å². The number of aromatic amines is 1. The Morgan fingerprint density at radius 1 is 1.34 bits per heavy atom. The molecule has 0 bridgehead atoms. The molecule has 1 atom stereocenters. The van der Waals surface area contributed by atoms with Gasteiger partial charge in [-0.2, -0.15) is 5.10 Å². The summed E-state index contributed by atoms with van der Waals surface area (Å²) < 4.78 is 6.26. The molecule has 0 unspecified atom stereocenters. The van der Waals surface area contributed by atoms with Gasteiger partial charge in [-0.3, -0.25) is 9.89 Å². The van der Waals surface area contributed by atoms with Crippen molar-refractivity contribution in [3.05, 3.63) is 74.4 Å². The molecule has 3 aromatic heterocycles. The van der Waals surface area contributed by atoms with Crippen LogP contribution < -0.4 is 16.5 Å². The fourth-order valence-corrected chi connectivity index (χ4v) is 3.79. The van der Waals surface area contributed by atoms with Crippen molar-refractivity contribution in [2.75, 3.05) is 5.32 Å². The average molecular weight is 453 g/mol. The van der Waals surface area contributed by atoms with Crippen LogP contribution in [-0.4, -0.2) is 26.2 Å². The largest absolute Gasteiger partial charge is 0.455 e. The molecule has 0 amide bonds. The third-order valence-electron chi connectivity index (χ3n) is 5.20. The molecule has 10 heteroatoms. The molecule has 0 aliphatic carbocycles. The van der Waals surface area contributed by atoms with Crippen LogP contribution in [0.2, 0.25) is 5.15 Å². The summed E-state index contributed by atoms with van der Waals surface area (Å²) in [5.41, 5.74) is 9.72. The lowest BCUT2D eigenvalue weighted by molar-refractivity contribution is 0.318. The van der Waals surface area contributed by atoms with E-state index < -0.39 is 0 Å². The third-order valence-corrected chi connectivity index (χ3v) is 5.41. The maximum absolute atomic E-state index is 13.2. The van der Waals surface area contributed by atoms with Crippen LogP contribution >= 0.6 is 11.6 Å². The van der Waals surface area contributed by atoms with Crippen LogP contribution in [0.25, 0.3) is 22.3 Å². The highest BCUT2D eigenvalue weighted by molar-refractivity contribution is 6.29. The number of amidine groups is 1. The van der Waals surface area contributed by atoms with Gasteiger partial charge in [0.05, 0.1) is 28.9 Å². The maximum atomic E-state index is 13.2. The Hall–Kier alpha value is -3.85. The standard InChI is InChI=1S/C22H21ClN6O3/c1-10-6-14(12(3)27-16-4-5-17(23)28-18(16)22(24)29-31)21-15(7-10)19(30)11(2)20(32-21)13-8-25-26-9-13/h4-9,12,27,31H,1-3H3,(H2,24,29)(H,25,26)/t12-/m1/s1. The van der Waals surface area contributed by atoms with Gasteiger partial charge in [0, 0.05) is 17.3 Å². The maximum Gasteiger partial charge on any atom is 0.196 e. The predicted molar refractivity (Wildman–Crippen MR) is 123 cm³/mol. The minimum absolute atomic E-state index is 0.106. The SMILES string of the molecule is Cc1cc([C@@H](C)Nc2ccc(Cl)nc2/C(N)=N/O)c2oc(-c3cn[nH]c3)c(C)c(=O)c2c1. The van der Waals surface area contributed by atoms with Gasteiger partial charge >= 0.3 is 0 Å². The number of hydrogen-bond donors (Lipinski definition) is 4. The van der Waals surface area contributed by atoms with Crippen LogP contribution in [-0.2, 0) is 0 Å². The zero-order chi connectivity index (χ0) is 23.0. The Labute approximate surface area is 187 Å². The van der Waals surface area contributed by atoms with Crippen LogP contribution in [0.3, 0.4) is 0 Å². The molecule has 164 valence electrons. The van der Waals surface area contributed by atoms with Crippen molar-refractivity contribution in [3.63, 3.8) is 0 Å². The molecule has 0 saturated heterocycles. The predicted octanol–water partition coefficient (Wildman–Crippen LogP) is 4.12. The van der Waals surface area contributed by atoms with Crippen molar-refractivity contribution in [3.8, 4) is 11.3 Å². The van der Waals surface area contributed by atoms with Gasteiger partial charge in [0.2, 0.25) is 0 Å². The minimum Gasteiger partial charge on any atom is -0.455 e. The lowest BCUT2D eigenvalue weighted by Gasteiger charge is -2.20. The van der Waals surface area contributed by atoms with Crippen LogP contribution in [0.1, 0.15) is 35.3 Å². The molecule has 1 aromatic carbocycles. The highest BCUT2D eigenvalue weighted by atomic mass is 35.5. The smallest absolute Gasteiger partial charge is 0.196 e. The molecule has 32 heavy (non-hydrogen) atoms. The molecule has 9 nitrogen and oxygen atoms in total. The highest BCUT2D eigenvalue weighted by Gasteiger charge is 2.20. The first kappa shape index (κ1) is 21.4. The molecule has 5 N–H and O–H groups in total. The molecule has 0 radical (unpaired) electrons. The molecule has 0 aliphatic heterocycles. The highest BCUT2D eigenvalue weighted by Crippen LogP contribution is 2.32. The zero-order valence-corrected chi connectivity index (χ0v) is 18.4. The summed E-state index contributed by atoms with van der Waals surface area (Å²) in [5.74, 6) is 0.278. The number of pyridine rings is 1. The Morgan fingerprint density at radius 2 is 2.12 bits per heavy atom. The first-order valence-electron chi connectivity index (χ1n) is 9.78. The van der Waals surface area contributed by atoms with Gasteiger partial charge in [0.1, 0.15) is 22.2 Å². The van der Waals surface area contributed by atoms with Crippen molar-refractivity contribution >= 4 is 34.1 Å². The molecular formula is C22H21ClN6O3. The van der Waals surface area contributed by atoms with Gasteiger partial charge < -0.3 is 20.7 Å². The van der Waals surface area contributed by atoms with Crippen LogP contribution in [0, 0.1) is 13.8 Å². The molecule has 0 aliphatic rings. The minimum atomic E-state index is -0.325. The van der Waals surface area contributed by atoms with Crippen molar-refractivity contribution in [2.45, 2.75) is 26.8 Å². The van der Waals surface area contributed by atoms with E-state index in [2.05, 4.69) is 25.7 Å². The molecule has 0 spiro atoms. The quantitative estimate of drug-likeness (QED) is 0.117. The van der Waals surface area contributed by atoms with Crippen molar-refractivity contribution < 1.29 is 9.62 Å². The normalized spacial score (nSPS) is 12.8. The van der Waals surface area contributed by atoms with E-state index >= 15 is 0 Å². The van der Waals surface area contributed by atoms with E-state index in [1.54, 1.807) is 31.5 Å². The topological polar surface area (TPSA) is 142 Å². The molecule has 4 aromatic rings. The summed E-state index contributed by atoms with van der Waals surface area (Å²) in [4.78, 5) is 17.3. The number of rotatable bonds is 5. The second-order valence-corrected chi connectivity index (χ2v) is 7.87. The van der Waals surface area contributed by atoms with Crippen LogP contribution in [0.4, 0.5) is 5.69 Å². The van der Waals surface area contributed by atoms with E-state index in [0.29, 0.717) is 33.5 Å². The number of aromatic nitrogens is 3. The van der Waals surface area contributed by atoms with Crippen LogP contribution in [0.5, 0.6) is 0 Å². The van der Waals surface area contributed by atoms with Gasteiger partial charge in [0.25, 0.3) is 0 Å². The summed E-state index contributed by atoms with van der Waals surface area (Å²) in [6, 6.07) is 6.72. The lowest BCUT2D eigenvalue weighted by atomic mass is 9.99. The number of halogens is 1. The van der Waals surface area contributed by atoms with E-state index in [1.165, 1.54) is 0 Å². The number of nitrogens with zero attached hydrogens (tertiary/aromatic N) is 3. The second kappa shape index (κ2) is 8.35. The summed E-state index contributed by atoms with van der Waals surface area (Å²) >= 11 is 5.98. The number of benzene rings is 1. The van der Waals surface area contributed by atoms with Gasteiger partial charge in [-0.1, -0.05) is 22.8 Å². The number of oxime groups is 1. The van der Waals surface area contributed by atoms with E-state index in [1.807, 2.05) is 26.0 Å². The molecule has 0 saturated carbocycles. The molecule has 3 heterocycles. The second-order valence-electron chi connectivity index (χ2n) is 7.48. The Kier molecular flexibility index (Phi) is 5.58. The zero-order valence-electron chi connectivity index (χ0n) is 17.6. The number of anilines is 1. The number of aryl methyl sites for hydroxylation is 1. The van der Waals surface area contributed by atoms with Crippen molar-refractivity contribution in [2.24, 2.45) is 10.9 Å². The van der Waals surface area contributed by atoms with Crippen LogP contribution in [0.15, 0.2) is 51.0 Å². The average Bonchev–Trinajstić information content (AvgIpc) is 3.31. The number of hydrogen-bond acceptors (Lipinski definition) is 7. The molecule has 0 fully saturated rings. The molecular weight excluding hydrogens is 432 g/mol. The van der Waals surface area contributed by atoms with E-state index in [0.717, 1.165) is 11.1 Å². The summed E-state index contributed by atoms with van der Waals surface area (Å²) in [5, 5.41) is 22.8. The monoisotopic (exact) mass is 452 g/mol. The Morgan fingerprint density at radius 3 is 2.81 bits per heavy atom. The van der Waals surface area contributed by atoms with E-state index in [9.17, 15) is 4.79 Å². The third kappa shape index (κ3) is 3.78. The Balaban J connectivity index is 1.87. The number of nitrogens with one attached hydrogen (secondary N) is 2. The Bertz CT molecular complexity index is 1400. The van der Waals surface area contributed by atoms with Gasteiger partial charge in [-0.15, -0.1) is 0 Å². The number of nitrogens with two attached hydrogens (primary N) is 1. The fraction of sp³-hybridized carbons (Fsp3) is 0.182. The molecule has 4 rings (SSSR count). The number of H-pyrrole nitrogens is 1. The fourth-order valence-electron chi connectivity index (χ4n) is 3.65. The first-order valence-corrected chi connectivity index (χ1v) is 10.2. The summed E-state index contributed by atoms with van der Waals surface area (Å²) in [6.45, 7) is 5.57. The van der Waals surface area contributed by atoms with Crippen molar-refractivity contribution in [1.29, 1.82) is 0 Å². The lowest BCUT2D eigenvalue weighted by Crippen LogP contribution is -2.19. The van der Waals surface area contributed by atoms with Gasteiger partial charge in [-0.05, 0) is 44.5 Å². The van der Waals surface area contributed by atoms with Crippen molar-refractivity contribution in [1.82, 2.24) is 15.2 Å². The first-order chi connectivity index (χ1) is 15.3. The van der Waals surface area contributed by atoms with Gasteiger partial charge in [-0.25, -0.2) is 4.98 Å². The van der Waals surface area contributed by atoms with Gasteiger partial charge in [0.15, 0.2) is 11.3 Å².